The lowest BCUT2D eigenvalue weighted by atomic mass is 10.0. The summed E-state index contributed by atoms with van der Waals surface area (Å²) in [5.41, 5.74) is 0. The highest BCUT2D eigenvalue weighted by molar-refractivity contribution is 5.76. The molecule has 466 valence electrons. The number of esters is 1. The molecule has 0 aromatic heterocycles. The maximum absolute atomic E-state index is 12.5. The number of rotatable bonds is 67. The Labute approximate surface area is 494 Å². The van der Waals surface area contributed by atoms with E-state index < -0.39 is 12.1 Å². The zero-order valence-corrected chi connectivity index (χ0v) is 53.4. The van der Waals surface area contributed by atoms with Gasteiger partial charge in [-0.3, -0.25) is 9.59 Å². The molecule has 0 saturated heterocycles. The van der Waals surface area contributed by atoms with Crippen molar-refractivity contribution in [3.63, 3.8) is 0 Å². The third-order valence-corrected chi connectivity index (χ3v) is 16.6. The van der Waals surface area contributed by atoms with E-state index in [-0.39, 0.29) is 18.5 Å². The maximum atomic E-state index is 12.5. The molecule has 1 amide bonds. The number of aliphatic hydroxyl groups excluding tert-OH is 2. The molecule has 0 aromatic rings. The Balaban J connectivity index is 3.37. The number of hydrogen-bond acceptors (Lipinski definition) is 5. The second kappa shape index (κ2) is 68.6. The van der Waals surface area contributed by atoms with Gasteiger partial charge in [-0.15, -0.1) is 0 Å². The van der Waals surface area contributed by atoms with Crippen LogP contribution in [0.4, 0.5) is 0 Å². The van der Waals surface area contributed by atoms with Crippen molar-refractivity contribution in [2.24, 2.45) is 0 Å². The Hall–Kier alpha value is -1.92. The van der Waals surface area contributed by atoms with E-state index in [2.05, 4.69) is 43.5 Å². The van der Waals surface area contributed by atoms with Crippen LogP contribution >= 0.6 is 0 Å². The second-order valence-electron chi connectivity index (χ2n) is 24.6. The molecule has 0 bridgehead atoms. The fraction of sp³-hybridized carbons (Fsp3) is 0.890. The molecule has 2 atom stereocenters. The highest BCUT2D eigenvalue weighted by atomic mass is 16.5. The van der Waals surface area contributed by atoms with Crippen molar-refractivity contribution in [2.75, 3.05) is 13.2 Å². The zero-order valence-electron chi connectivity index (χ0n) is 53.4. The van der Waals surface area contributed by atoms with Crippen molar-refractivity contribution in [1.29, 1.82) is 0 Å². The summed E-state index contributed by atoms with van der Waals surface area (Å²) >= 11 is 0. The lowest BCUT2D eigenvalue weighted by Crippen LogP contribution is -2.45. The number of allylic oxidation sites excluding steroid dienone is 5. The topological polar surface area (TPSA) is 95.9 Å². The average molecular weight is 1110 g/mol. The molecular formula is C73H139NO5. The van der Waals surface area contributed by atoms with Crippen LogP contribution in [0.2, 0.25) is 0 Å². The number of carbonyl (C=O) groups excluding carboxylic acids is 2. The number of unbranched alkanes of at least 4 members (excludes halogenated alkanes) is 52. The van der Waals surface area contributed by atoms with Crippen molar-refractivity contribution in [3.05, 3.63) is 36.5 Å². The number of carbonyl (C=O) groups is 2. The minimum atomic E-state index is -0.843. The van der Waals surface area contributed by atoms with Gasteiger partial charge in [0.15, 0.2) is 0 Å². The molecular weight excluding hydrogens is 971 g/mol. The summed E-state index contributed by atoms with van der Waals surface area (Å²) in [6.45, 7) is 4.93. The first-order valence-electron chi connectivity index (χ1n) is 35.8. The Morgan fingerprint density at radius 3 is 0.899 bits per heavy atom. The van der Waals surface area contributed by atoms with Crippen LogP contribution in [0, 0.1) is 0 Å². The molecule has 3 N–H and O–H groups in total. The lowest BCUT2D eigenvalue weighted by Gasteiger charge is -2.20. The minimum absolute atomic E-state index is 0.0104. The molecule has 0 aliphatic carbocycles. The van der Waals surface area contributed by atoms with Crippen LogP contribution in [0.3, 0.4) is 0 Å². The van der Waals surface area contributed by atoms with Crippen molar-refractivity contribution in [3.8, 4) is 0 Å². The van der Waals surface area contributed by atoms with E-state index in [4.69, 9.17) is 4.74 Å². The standard InChI is InChI=1S/C73H139NO5/c1-3-5-7-9-11-13-15-17-19-39-43-47-51-55-59-63-67-73(78)79-68-64-60-56-52-48-44-40-36-34-32-30-28-26-24-22-20-21-23-25-27-29-31-33-35-38-42-46-50-54-58-62-66-72(77)74-70(69-75)71(76)65-61-57-53-49-45-41-37-18-16-14-12-10-8-6-4-2/h19,22,24,39,61,65,70-71,75-76H,3-18,20-21,23,25-38,40-60,62-64,66-69H2,1-2H3,(H,74,77)/b24-22-,39-19-,65-61+. The molecule has 0 saturated carbocycles. The van der Waals surface area contributed by atoms with Crippen molar-refractivity contribution >= 4 is 11.9 Å². The molecule has 0 rings (SSSR count). The van der Waals surface area contributed by atoms with Crippen molar-refractivity contribution < 1.29 is 24.5 Å². The van der Waals surface area contributed by atoms with E-state index in [9.17, 15) is 19.8 Å². The Bertz CT molecular complexity index is 1280. The first kappa shape index (κ1) is 77.1. The van der Waals surface area contributed by atoms with E-state index in [0.29, 0.717) is 19.4 Å². The largest absolute Gasteiger partial charge is 0.466 e. The van der Waals surface area contributed by atoms with Gasteiger partial charge in [-0.05, 0) is 83.5 Å². The van der Waals surface area contributed by atoms with E-state index >= 15 is 0 Å². The maximum Gasteiger partial charge on any atom is 0.305 e. The zero-order chi connectivity index (χ0) is 57.1. The molecule has 0 spiro atoms. The molecule has 0 aliphatic heterocycles. The number of hydrogen-bond donors (Lipinski definition) is 3. The lowest BCUT2D eigenvalue weighted by molar-refractivity contribution is -0.143. The molecule has 0 radical (unpaired) electrons. The molecule has 0 fully saturated rings. The van der Waals surface area contributed by atoms with Gasteiger partial charge in [0.05, 0.1) is 25.4 Å². The molecule has 79 heavy (non-hydrogen) atoms. The van der Waals surface area contributed by atoms with E-state index in [1.165, 1.54) is 321 Å². The SMILES string of the molecule is CCCCCCCCC/C=C\CCCCCCCC(=O)OCCCCCCCCCCCCCC/C=C\CCCCCCCCCCCCCCCCCC(=O)NC(CO)C(O)/C=C/CCCCCCCCCCCCCCC. The van der Waals surface area contributed by atoms with Crippen LogP contribution < -0.4 is 5.32 Å². The van der Waals surface area contributed by atoms with E-state index in [1.54, 1.807) is 6.08 Å². The molecule has 2 unspecified atom stereocenters. The van der Waals surface area contributed by atoms with Crippen LogP contribution in [0.25, 0.3) is 0 Å². The predicted octanol–water partition coefficient (Wildman–Crippen LogP) is 23.1. The summed E-state index contributed by atoms with van der Waals surface area (Å²) in [4.78, 5) is 24.6. The molecule has 0 aromatic carbocycles. The second-order valence-corrected chi connectivity index (χ2v) is 24.6. The minimum Gasteiger partial charge on any atom is -0.466 e. The molecule has 0 heterocycles. The summed E-state index contributed by atoms with van der Waals surface area (Å²) in [7, 11) is 0. The summed E-state index contributed by atoms with van der Waals surface area (Å²) in [5.74, 6) is -0.0534. The normalized spacial score (nSPS) is 12.7. The third-order valence-electron chi connectivity index (χ3n) is 16.6. The molecule has 0 aliphatic rings. The Morgan fingerprint density at radius 2 is 0.595 bits per heavy atom. The quantitative estimate of drug-likeness (QED) is 0.0320. The van der Waals surface area contributed by atoms with E-state index in [1.807, 2.05) is 6.08 Å². The van der Waals surface area contributed by atoms with Gasteiger partial charge in [0.25, 0.3) is 0 Å². The van der Waals surface area contributed by atoms with Gasteiger partial charge in [0.1, 0.15) is 0 Å². The smallest absolute Gasteiger partial charge is 0.305 e. The van der Waals surface area contributed by atoms with Crippen molar-refractivity contribution in [1.82, 2.24) is 5.32 Å². The van der Waals surface area contributed by atoms with E-state index in [0.717, 1.165) is 44.9 Å². The highest BCUT2D eigenvalue weighted by Crippen LogP contribution is 2.18. The van der Waals surface area contributed by atoms with Gasteiger partial charge in [-0.1, -0.05) is 333 Å². The number of aliphatic hydroxyl groups is 2. The van der Waals surface area contributed by atoms with Gasteiger partial charge in [-0.2, -0.15) is 0 Å². The molecule has 6 nitrogen and oxygen atoms in total. The summed E-state index contributed by atoms with van der Waals surface area (Å²) in [5, 5.41) is 23.2. The highest BCUT2D eigenvalue weighted by Gasteiger charge is 2.18. The van der Waals surface area contributed by atoms with Gasteiger partial charge in [0.2, 0.25) is 5.91 Å². The van der Waals surface area contributed by atoms with Crippen LogP contribution in [0.5, 0.6) is 0 Å². The van der Waals surface area contributed by atoms with Gasteiger partial charge < -0.3 is 20.3 Å². The van der Waals surface area contributed by atoms with Crippen LogP contribution in [0.15, 0.2) is 36.5 Å². The first-order valence-corrected chi connectivity index (χ1v) is 35.8. The Kier molecular flexibility index (Phi) is 66.9. The van der Waals surface area contributed by atoms with Crippen LogP contribution in [-0.2, 0) is 14.3 Å². The predicted molar refractivity (Wildman–Crippen MR) is 347 cm³/mol. The van der Waals surface area contributed by atoms with Crippen LogP contribution in [0.1, 0.15) is 393 Å². The van der Waals surface area contributed by atoms with Gasteiger partial charge in [-0.25, -0.2) is 0 Å². The first-order chi connectivity index (χ1) is 39.0. The number of amides is 1. The average Bonchev–Trinajstić information content (AvgIpc) is 3.45. The summed E-state index contributed by atoms with van der Waals surface area (Å²) in [6.07, 6.45) is 88.0. The summed E-state index contributed by atoms with van der Waals surface area (Å²) in [6, 6.07) is -0.626. The van der Waals surface area contributed by atoms with Crippen LogP contribution in [-0.4, -0.2) is 47.4 Å². The van der Waals surface area contributed by atoms with Gasteiger partial charge >= 0.3 is 5.97 Å². The van der Waals surface area contributed by atoms with Crippen molar-refractivity contribution in [2.45, 2.75) is 405 Å². The summed E-state index contributed by atoms with van der Waals surface area (Å²) < 4.78 is 5.50. The Morgan fingerprint density at radius 1 is 0.342 bits per heavy atom. The molecule has 6 heteroatoms. The fourth-order valence-electron chi connectivity index (χ4n) is 11.2. The number of ether oxygens (including phenoxy) is 1. The van der Waals surface area contributed by atoms with Gasteiger partial charge in [0, 0.05) is 12.8 Å². The number of nitrogens with one attached hydrogen (secondary N) is 1. The fourth-order valence-corrected chi connectivity index (χ4v) is 11.2. The monoisotopic (exact) mass is 1110 g/mol. The third kappa shape index (κ3) is 65.1.